The predicted octanol–water partition coefficient (Wildman–Crippen LogP) is 1.98. The summed E-state index contributed by atoms with van der Waals surface area (Å²) in [6.07, 6.45) is 1.45. The van der Waals surface area contributed by atoms with Crippen LogP contribution in [0, 0.1) is 6.92 Å². The molecule has 1 heterocycles. The van der Waals surface area contributed by atoms with E-state index < -0.39 is 11.4 Å². The van der Waals surface area contributed by atoms with E-state index in [4.69, 9.17) is 11.6 Å². The second-order valence-electron chi connectivity index (χ2n) is 3.92. The van der Waals surface area contributed by atoms with Crippen LogP contribution in [0.1, 0.15) is 16.1 Å². The number of benzene rings is 1. The summed E-state index contributed by atoms with van der Waals surface area (Å²) in [6, 6.07) is 6.64. The van der Waals surface area contributed by atoms with Crippen molar-refractivity contribution in [3.05, 3.63) is 57.0 Å². The fourth-order valence-electron chi connectivity index (χ4n) is 1.58. The van der Waals surface area contributed by atoms with E-state index in [9.17, 15) is 9.59 Å². The van der Waals surface area contributed by atoms with Crippen LogP contribution < -0.4 is 5.43 Å². The van der Waals surface area contributed by atoms with Crippen molar-refractivity contribution in [1.29, 1.82) is 0 Å². The van der Waals surface area contributed by atoms with E-state index in [1.54, 1.807) is 12.1 Å². The van der Waals surface area contributed by atoms with Crippen LogP contribution in [-0.4, -0.2) is 22.9 Å². The molecule has 0 aliphatic heterocycles. The topological polar surface area (TPSA) is 61.2 Å². The molecule has 0 atom stereocenters. The van der Waals surface area contributed by atoms with Crippen molar-refractivity contribution in [3.8, 4) is 5.69 Å². The molecule has 0 spiro atoms. The highest BCUT2D eigenvalue weighted by Gasteiger charge is 2.14. The fourth-order valence-corrected chi connectivity index (χ4v) is 1.90. The Morgan fingerprint density at radius 1 is 1.37 bits per heavy atom. The molecule has 5 nitrogen and oxygen atoms in total. The highest BCUT2D eigenvalue weighted by molar-refractivity contribution is 6.32. The molecule has 0 unspecified atom stereocenters. The van der Waals surface area contributed by atoms with Crippen molar-refractivity contribution >= 4 is 17.6 Å². The first-order valence-electron chi connectivity index (χ1n) is 5.48. The minimum atomic E-state index is -0.775. The maximum Gasteiger partial charge on any atom is 0.362 e. The third kappa shape index (κ3) is 2.66. The van der Waals surface area contributed by atoms with Crippen molar-refractivity contribution in [2.24, 2.45) is 0 Å². The number of methoxy groups -OCH3 is 1. The Balaban J connectivity index is 2.57. The van der Waals surface area contributed by atoms with Crippen LogP contribution in [0.3, 0.4) is 0 Å². The number of hydrogen-bond donors (Lipinski definition) is 0. The molecule has 2 rings (SSSR count). The van der Waals surface area contributed by atoms with Crippen LogP contribution in [0.15, 0.2) is 35.3 Å². The number of aryl methyl sites for hydroxylation is 1. The van der Waals surface area contributed by atoms with Crippen molar-refractivity contribution in [1.82, 2.24) is 9.78 Å². The number of carbonyl (C=O) groups is 1. The number of hydrogen-bond acceptors (Lipinski definition) is 4. The number of halogens is 1. The van der Waals surface area contributed by atoms with Crippen LogP contribution in [0.5, 0.6) is 0 Å². The third-order valence-corrected chi connectivity index (χ3v) is 2.84. The van der Waals surface area contributed by atoms with Crippen molar-refractivity contribution in [2.75, 3.05) is 7.11 Å². The first-order valence-corrected chi connectivity index (χ1v) is 5.85. The second kappa shape index (κ2) is 5.24. The van der Waals surface area contributed by atoms with Gasteiger partial charge in [0.1, 0.15) is 0 Å². The molecule has 0 aliphatic rings. The van der Waals surface area contributed by atoms with E-state index in [0.29, 0.717) is 10.7 Å². The van der Waals surface area contributed by atoms with Crippen molar-refractivity contribution < 1.29 is 9.53 Å². The normalized spacial score (nSPS) is 10.3. The van der Waals surface area contributed by atoms with Gasteiger partial charge in [-0.15, -0.1) is 0 Å². The molecule has 0 fully saturated rings. The molecule has 19 heavy (non-hydrogen) atoms. The van der Waals surface area contributed by atoms with Gasteiger partial charge in [-0.05, 0) is 24.6 Å². The Bertz CT molecular complexity index is 695. The molecule has 98 valence electrons. The lowest BCUT2D eigenvalue weighted by Crippen LogP contribution is -2.21. The van der Waals surface area contributed by atoms with Gasteiger partial charge in [-0.3, -0.25) is 4.79 Å². The van der Waals surface area contributed by atoms with Crippen LogP contribution in [0.25, 0.3) is 5.69 Å². The van der Waals surface area contributed by atoms with Crippen molar-refractivity contribution in [2.45, 2.75) is 6.92 Å². The molecule has 0 bridgehead atoms. The van der Waals surface area contributed by atoms with Crippen molar-refractivity contribution in [3.63, 3.8) is 0 Å². The minimum Gasteiger partial charge on any atom is -0.464 e. The van der Waals surface area contributed by atoms with E-state index in [0.717, 1.165) is 5.56 Å². The SMILES string of the molecule is COC(=O)c1nn(-c2ccc(C)cc2Cl)ccc1=O. The quantitative estimate of drug-likeness (QED) is 0.788. The second-order valence-corrected chi connectivity index (χ2v) is 4.33. The third-order valence-electron chi connectivity index (χ3n) is 2.54. The average Bonchev–Trinajstić information content (AvgIpc) is 2.39. The Morgan fingerprint density at radius 2 is 2.11 bits per heavy atom. The summed E-state index contributed by atoms with van der Waals surface area (Å²) in [7, 11) is 1.19. The molecule has 0 radical (unpaired) electrons. The fraction of sp³-hybridized carbons (Fsp3) is 0.154. The molecular weight excluding hydrogens is 268 g/mol. The van der Waals surface area contributed by atoms with Crippen LogP contribution in [-0.2, 0) is 4.74 Å². The van der Waals surface area contributed by atoms with E-state index in [2.05, 4.69) is 9.84 Å². The van der Waals surface area contributed by atoms with Crippen LogP contribution in [0.2, 0.25) is 5.02 Å². The first-order chi connectivity index (χ1) is 9.02. The van der Waals surface area contributed by atoms with E-state index in [-0.39, 0.29) is 5.69 Å². The van der Waals surface area contributed by atoms with Gasteiger partial charge in [0.05, 0.1) is 17.8 Å². The van der Waals surface area contributed by atoms with Crippen LogP contribution >= 0.6 is 11.6 Å². The molecule has 1 aromatic carbocycles. The van der Waals surface area contributed by atoms with Gasteiger partial charge < -0.3 is 4.74 Å². The Morgan fingerprint density at radius 3 is 2.74 bits per heavy atom. The molecule has 0 amide bonds. The number of esters is 1. The summed E-state index contributed by atoms with van der Waals surface area (Å²) in [4.78, 5) is 23.0. The van der Waals surface area contributed by atoms with Gasteiger partial charge >= 0.3 is 5.97 Å². The Labute approximate surface area is 114 Å². The van der Waals surface area contributed by atoms with Gasteiger partial charge in [0.25, 0.3) is 0 Å². The summed E-state index contributed by atoms with van der Waals surface area (Å²) in [6.45, 7) is 1.91. The summed E-state index contributed by atoms with van der Waals surface area (Å²) in [5.41, 5.74) is 0.813. The largest absolute Gasteiger partial charge is 0.464 e. The maximum atomic E-state index is 11.5. The van der Waals surface area contributed by atoms with Gasteiger partial charge in [-0.25, -0.2) is 9.48 Å². The van der Waals surface area contributed by atoms with Gasteiger partial charge in [0.2, 0.25) is 11.1 Å². The van der Waals surface area contributed by atoms with E-state index >= 15 is 0 Å². The van der Waals surface area contributed by atoms with Gasteiger partial charge in [0.15, 0.2) is 0 Å². The summed E-state index contributed by atoms with van der Waals surface area (Å²) >= 11 is 6.11. The lowest BCUT2D eigenvalue weighted by molar-refractivity contribution is 0.0590. The number of rotatable bonds is 2. The summed E-state index contributed by atoms with van der Waals surface area (Å²) < 4.78 is 5.88. The number of carbonyl (C=O) groups excluding carboxylic acids is 1. The number of aromatic nitrogens is 2. The average molecular weight is 279 g/mol. The predicted molar refractivity (Wildman–Crippen MR) is 70.9 cm³/mol. The Kier molecular flexibility index (Phi) is 3.66. The van der Waals surface area contributed by atoms with Gasteiger partial charge in [0, 0.05) is 12.3 Å². The lowest BCUT2D eigenvalue weighted by Gasteiger charge is -2.08. The molecule has 0 aliphatic carbocycles. The van der Waals surface area contributed by atoms with E-state index in [1.165, 1.54) is 24.1 Å². The summed E-state index contributed by atoms with van der Waals surface area (Å²) in [5, 5.41) is 4.43. The zero-order chi connectivity index (χ0) is 14.0. The lowest BCUT2D eigenvalue weighted by atomic mass is 10.2. The standard InChI is InChI=1S/C13H11ClN2O3/c1-8-3-4-10(9(14)7-8)16-6-5-11(17)12(15-16)13(18)19-2/h3-7H,1-2H3. The van der Waals surface area contributed by atoms with Gasteiger partial charge in [-0.2, -0.15) is 5.10 Å². The molecule has 0 saturated heterocycles. The van der Waals surface area contributed by atoms with E-state index in [1.807, 2.05) is 13.0 Å². The molecular formula is C13H11ClN2O3. The smallest absolute Gasteiger partial charge is 0.362 e. The molecule has 1 aromatic heterocycles. The van der Waals surface area contributed by atoms with Gasteiger partial charge in [-0.1, -0.05) is 17.7 Å². The molecule has 2 aromatic rings. The monoisotopic (exact) mass is 278 g/mol. The first kappa shape index (κ1) is 13.3. The number of ether oxygens (including phenoxy) is 1. The van der Waals surface area contributed by atoms with Crippen LogP contribution in [0.4, 0.5) is 0 Å². The molecule has 0 saturated carbocycles. The highest BCUT2D eigenvalue weighted by atomic mass is 35.5. The maximum absolute atomic E-state index is 11.5. The molecule has 0 N–H and O–H groups in total. The zero-order valence-electron chi connectivity index (χ0n) is 10.4. The minimum absolute atomic E-state index is 0.276. The number of nitrogens with zero attached hydrogens (tertiary/aromatic N) is 2. The zero-order valence-corrected chi connectivity index (χ0v) is 11.1. The molecule has 6 heteroatoms. The highest BCUT2D eigenvalue weighted by Crippen LogP contribution is 2.20. The summed E-state index contributed by atoms with van der Waals surface area (Å²) in [5.74, 6) is -0.775. The Hall–Kier alpha value is -2.14.